The Morgan fingerprint density at radius 2 is 1.97 bits per heavy atom. The molecule has 3 aromatic rings. The first-order valence-corrected chi connectivity index (χ1v) is 10.2. The lowest BCUT2D eigenvalue weighted by Crippen LogP contribution is -2.44. The lowest BCUT2D eigenvalue weighted by atomic mass is 10.1. The summed E-state index contributed by atoms with van der Waals surface area (Å²) >= 11 is 0. The normalized spacial score (nSPS) is 17.2. The van der Waals surface area contributed by atoms with Crippen LogP contribution in [0.4, 0.5) is 30.6 Å². The summed E-state index contributed by atoms with van der Waals surface area (Å²) in [4.78, 5) is 23.4. The molecule has 1 atom stereocenters. The molecule has 2 N–H and O–H groups in total. The Kier molecular flexibility index (Phi) is 4.95. The number of amides is 1. The highest BCUT2D eigenvalue weighted by molar-refractivity contribution is 6.03. The maximum atomic E-state index is 13.4. The number of aromatic nitrogens is 4. The van der Waals surface area contributed by atoms with Crippen LogP contribution < -0.4 is 15.5 Å². The standard InChI is InChI=1S/C21H20F3N7O/c1-11-18-19(31-4-2-3-16(31)20(32)28-18)29-21(27-11)25-7-13-8-26-30(10-13)9-12-5-14(22)17(24)15(23)6-12/h5-6,8,10,16H,2-4,7,9H2,1H3,(H,28,32)(H,25,27,29)/t16-/m1/s1. The second-order valence-corrected chi connectivity index (χ2v) is 7.95. The number of benzene rings is 1. The summed E-state index contributed by atoms with van der Waals surface area (Å²) in [6, 6.07) is 1.71. The Bertz CT molecular complexity index is 1190. The fraction of sp³-hybridized carbons (Fsp3) is 0.333. The van der Waals surface area contributed by atoms with Crippen LogP contribution in [0.15, 0.2) is 24.5 Å². The molecular weight excluding hydrogens is 423 g/mol. The largest absolute Gasteiger partial charge is 0.350 e. The quantitative estimate of drug-likeness (QED) is 0.590. The molecule has 0 spiro atoms. The maximum Gasteiger partial charge on any atom is 0.247 e. The Morgan fingerprint density at radius 1 is 1.19 bits per heavy atom. The van der Waals surface area contributed by atoms with Crippen molar-refractivity contribution >= 4 is 23.4 Å². The van der Waals surface area contributed by atoms with Gasteiger partial charge in [-0.2, -0.15) is 10.1 Å². The number of fused-ring (bicyclic) bond motifs is 3. The summed E-state index contributed by atoms with van der Waals surface area (Å²) in [7, 11) is 0. The minimum Gasteiger partial charge on any atom is -0.350 e. The van der Waals surface area contributed by atoms with E-state index in [1.54, 1.807) is 12.4 Å². The zero-order chi connectivity index (χ0) is 22.4. The SMILES string of the molecule is Cc1nc(NCc2cnn(Cc3cc(F)c(F)c(F)c3)c2)nc2c1NC(=O)[C@H]1CCCN21. The van der Waals surface area contributed by atoms with E-state index in [9.17, 15) is 18.0 Å². The van der Waals surface area contributed by atoms with Crippen LogP contribution in [0.3, 0.4) is 0 Å². The maximum absolute atomic E-state index is 13.4. The predicted octanol–water partition coefficient (Wildman–Crippen LogP) is 2.98. The van der Waals surface area contributed by atoms with Crippen molar-refractivity contribution in [1.29, 1.82) is 0 Å². The second kappa shape index (κ2) is 7.81. The van der Waals surface area contributed by atoms with Gasteiger partial charge in [0, 0.05) is 24.8 Å². The van der Waals surface area contributed by atoms with Gasteiger partial charge in [-0.05, 0) is 37.5 Å². The molecule has 0 radical (unpaired) electrons. The number of hydrogen-bond acceptors (Lipinski definition) is 6. The van der Waals surface area contributed by atoms with Crippen molar-refractivity contribution < 1.29 is 18.0 Å². The third-order valence-electron chi connectivity index (χ3n) is 5.67. The van der Waals surface area contributed by atoms with E-state index < -0.39 is 17.5 Å². The van der Waals surface area contributed by atoms with Crippen LogP contribution in [-0.2, 0) is 17.9 Å². The zero-order valence-corrected chi connectivity index (χ0v) is 17.2. The van der Waals surface area contributed by atoms with Crippen LogP contribution in [0.2, 0.25) is 0 Å². The van der Waals surface area contributed by atoms with Crippen molar-refractivity contribution in [3.8, 4) is 0 Å². The van der Waals surface area contributed by atoms with Crippen LogP contribution in [0.25, 0.3) is 0 Å². The van der Waals surface area contributed by atoms with E-state index in [2.05, 4.69) is 25.7 Å². The van der Waals surface area contributed by atoms with Gasteiger partial charge >= 0.3 is 0 Å². The summed E-state index contributed by atoms with van der Waals surface area (Å²) in [6.07, 6.45) is 5.07. The first-order chi connectivity index (χ1) is 15.4. The van der Waals surface area contributed by atoms with E-state index in [-0.39, 0.29) is 24.1 Å². The number of carbonyl (C=O) groups is 1. The molecule has 1 fully saturated rings. The highest BCUT2D eigenvalue weighted by Gasteiger charge is 2.38. The molecule has 0 bridgehead atoms. The van der Waals surface area contributed by atoms with Crippen molar-refractivity contribution in [2.24, 2.45) is 0 Å². The smallest absolute Gasteiger partial charge is 0.247 e. The summed E-state index contributed by atoms with van der Waals surface area (Å²) < 4.78 is 41.5. The Hall–Kier alpha value is -3.63. The minimum absolute atomic E-state index is 0.0178. The monoisotopic (exact) mass is 443 g/mol. The molecule has 11 heteroatoms. The lowest BCUT2D eigenvalue weighted by Gasteiger charge is -2.32. The molecule has 0 unspecified atom stereocenters. The molecular formula is C21H20F3N7O. The van der Waals surface area contributed by atoms with E-state index in [1.165, 1.54) is 4.68 Å². The third kappa shape index (κ3) is 3.63. The molecule has 2 aromatic heterocycles. The fourth-order valence-electron chi connectivity index (χ4n) is 4.14. The minimum atomic E-state index is -1.49. The van der Waals surface area contributed by atoms with Gasteiger partial charge in [0.05, 0.1) is 18.4 Å². The number of carbonyl (C=O) groups excluding carboxylic acids is 1. The topological polar surface area (TPSA) is 88.0 Å². The highest BCUT2D eigenvalue weighted by atomic mass is 19.2. The molecule has 166 valence electrons. The van der Waals surface area contributed by atoms with E-state index in [4.69, 9.17) is 0 Å². The van der Waals surface area contributed by atoms with Crippen LogP contribution in [0.5, 0.6) is 0 Å². The number of aryl methyl sites for hydroxylation is 1. The van der Waals surface area contributed by atoms with Crippen molar-refractivity contribution in [2.75, 3.05) is 22.1 Å². The molecule has 1 amide bonds. The first kappa shape index (κ1) is 20.3. The van der Waals surface area contributed by atoms with Gasteiger partial charge in [-0.25, -0.2) is 18.2 Å². The van der Waals surface area contributed by atoms with Crippen LogP contribution in [-0.4, -0.2) is 38.2 Å². The molecule has 2 aliphatic heterocycles. The van der Waals surface area contributed by atoms with Crippen molar-refractivity contribution in [3.63, 3.8) is 0 Å². The number of nitrogens with one attached hydrogen (secondary N) is 2. The van der Waals surface area contributed by atoms with Gasteiger partial charge < -0.3 is 15.5 Å². The molecule has 5 rings (SSSR count). The summed E-state index contributed by atoms with van der Waals surface area (Å²) in [5, 5.41) is 10.3. The number of rotatable bonds is 5. The van der Waals surface area contributed by atoms with E-state index in [0.717, 1.165) is 42.9 Å². The fourth-order valence-corrected chi connectivity index (χ4v) is 4.14. The summed E-state index contributed by atoms with van der Waals surface area (Å²) in [5.41, 5.74) is 2.39. The van der Waals surface area contributed by atoms with Gasteiger partial charge in [0.15, 0.2) is 23.3 Å². The van der Waals surface area contributed by atoms with Crippen LogP contribution >= 0.6 is 0 Å². The number of hydrogen-bond donors (Lipinski definition) is 2. The van der Waals surface area contributed by atoms with Crippen molar-refractivity contribution in [1.82, 2.24) is 19.7 Å². The average molecular weight is 443 g/mol. The third-order valence-corrected chi connectivity index (χ3v) is 5.67. The van der Waals surface area contributed by atoms with Crippen LogP contribution in [0.1, 0.15) is 29.7 Å². The Balaban J connectivity index is 1.29. The molecule has 8 nitrogen and oxygen atoms in total. The Morgan fingerprint density at radius 3 is 2.75 bits per heavy atom. The van der Waals surface area contributed by atoms with Crippen molar-refractivity contribution in [2.45, 2.75) is 38.9 Å². The summed E-state index contributed by atoms with van der Waals surface area (Å²) in [5.74, 6) is -2.82. The molecule has 0 aliphatic carbocycles. The average Bonchev–Trinajstić information content (AvgIpc) is 3.42. The van der Waals surface area contributed by atoms with E-state index in [1.807, 2.05) is 11.8 Å². The van der Waals surface area contributed by atoms with Gasteiger partial charge in [0.2, 0.25) is 11.9 Å². The number of nitrogens with zero attached hydrogens (tertiary/aromatic N) is 5. The van der Waals surface area contributed by atoms with Crippen LogP contribution in [0, 0.1) is 24.4 Å². The van der Waals surface area contributed by atoms with E-state index >= 15 is 0 Å². The zero-order valence-electron chi connectivity index (χ0n) is 17.2. The van der Waals surface area contributed by atoms with Gasteiger partial charge in [0.1, 0.15) is 11.7 Å². The molecule has 1 aromatic carbocycles. The molecule has 0 saturated carbocycles. The second-order valence-electron chi connectivity index (χ2n) is 7.95. The molecule has 32 heavy (non-hydrogen) atoms. The van der Waals surface area contributed by atoms with Gasteiger partial charge in [-0.1, -0.05) is 0 Å². The molecule has 1 saturated heterocycles. The predicted molar refractivity (Wildman–Crippen MR) is 111 cm³/mol. The van der Waals surface area contributed by atoms with E-state index in [0.29, 0.717) is 23.9 Å². The number of halogens is 3. The molecule has 2 aliphatic rings. The lowest BCUT2D eigenvalue weighted by molar-refractivity contribution is -0.117. The highest BCUT2D eigenvalue weighted by Crippen LogP contribution is 2.37. The van der Waals surface area contributed by atoms with Gasteiger partial charge in [-0.3, -0.25) is 9.48 Å². The Labute approximate surface area is 181 Å². The van der Waals surface area contributed by atoms with Gasteiger partial charge in [0.25, 0.3) is 0 Å². The number of anilines is 3. The van der Waals surface area contributed by atoms with Gasteiger partial charge in [-0.15, -0.1) is 0 Å². The summed E-state index contributed by atoms with van der Waals surface area (Å²) in [6.45, 7) is 3.07. The molecule has 4 heterocycles. The van der Waals surface area contributed by atoms with Crippen molar-refractivity contribution in [3.05, 3.63) is 58.8 Å². The first-order valence-electron chi connectivity index (χ1n) is 10.2.